The maximum absolute atomic E-state index is 10.0. The molecule has 0 unspecified atom stereocenters. The third-order valence-corrected chi connectivity index (χ3v) is 7.87. The second-order valence-electron chi connectivity index (χ2n) is 11.0. The average Bonchev–Trinajstić information content (AvgIpc) is 1.69. The monoisotopic (exact) mass is 724 g/mol. The maximum atomic E-state index is 10.0. The van der Waals surface area contributed by atoms with Gasteiger partial charge in [0.15, 0.2) is 0 Å². The van der Waals surface area contributed by atoms with E-state index >= 15 is 0 Å². The molecule has 0 N–H and O–H groups in total. The average molecular weight is 725 g/mol. The van der Waals surface area contributed by atoms with Crippen molar-refractivity contribution in [2.75, 3.05) is 4.90 Å². The van der Waals surface area contributed by atoms with E-state index in [1.165, 1.54) is 0 Å². The van der Waals surface area contributed by atoms with Crippen LogP contribution in [0.25, 0.3) is 77.2 Å². The fourth-order valence-corrected chi connectivity index (χ4v) is 5.48. The summed E-state index contributed by atoms with van der Waals surface area (Å²) in [5.41, 5.74) is -13.0. The van der Waals surface area contributed by atoms with Crippen molar-refractivity contribution in [1.29, 1.82) is 0 Å². The number of hydrogen-bond acceptors (Lipinski definition) is 2. The van der Waals surface area contributed by atoms with Gasteiger partial charge >= 0.3 is 0 Å². The molecular weight excluding hydrogens is 655 g/mol. The van der Waals surface area contributed by atoms with Crippen LogP contribution in [-0.4, -0.2) is 0 Å². The molecule has 0 saturated heterocycles. The molecule has 2 nitrogen and oxygen atoms in total. The summed E-state index contributed by atoms with van der Waals surface area (Å²) in [6.45, 7) is 0. The van der Waals surface area contributed by atoms with Gasteiger partial charge in [0.1, 0.15) is 11.2 Å². The molecule has 54 heavy (non-hydrogen) atoms. The van der Waals surface area contributed by atoms with Crippen LogP contribution in [0.4, 0.5) is 17.1 Å². The van der Waals surface area contributed by atoms with Gasteiger partial charge in [0.05, 0.1) is 59.1 Å². The quantitative estimate of drug-likeness (QED) is 0.163. The van der Waals surface area contributed by atoms with Crippen molar-refractivity contribution in [2.24, 2.45) is 0 Å². The minimum Gasteiger partial charge on any atom is -0.455 e. The highest BCUT2D eigenvalue weighted by molar-refractivity contribution is 6.17. The Bertz CT molecular complexity index is 4860. The largest absolute Gasteiger partial charge is 0.455 e. The number of rotatable bonds is 7. The van der Waals surface area contributed by atoms with Crippen molar-refractivity contribution in [1.82, 2.24) is 0 Å². The van der Waals surface area contributed by atoms with Crippen LogP contribution in [0.1, 0.15) is 48.0 Å². The highest BCUT2D eigenvalue weighted by Crippen LogP contribution is 2.46. The second kappa shape index (κ2) is 13.4. The molecule has 0 aliphatic rings. The van der Waals surface area contributed by atoms with Crippen LogP contribution in [0.5, 0.6) is 0 Å². The predicted octanol–water partition coefficient (Wildman–Crippen LogP) is 14.9. The Balaban J connectivity index is 1.45. The zero-order valence-corrected chi connectivity index (χ0v) is 26.9. The molecule has 0 aliphatic heterocycles. The topological polar surface area (TPSA) is 16.4 Å². The lowest BCUT2D eigenvalue weighted by Gasteiger charge is -2.27. The molecule has 10 rings (SSSR count). The molecular formula is C52H35NO. The van der Waals surface area contributed by atoms with Gasteiger partial charge in [0, 0.05) is 22.3 Å². The molecule has 1 heterocycles. The van der Waals surface area contributed by atoms with E-state index in [1.54, 1.807) is 0 Å². The molecule has 0 saturated carbocycles. The minimum absolute atomic E-state index is 0.305. The second-order valence-corrected chi connectivity index (χ2v) is 11.0. The van der Waals surface area contributed by atoms with Crippen LogP contribution in [0.2, 0.25) is 0 Å². The Kier molecular flexibility index (Phi) is 2.97. The first-order chi connectivity index (χ1) is 41.4. The van der Waals surface area contributed by atoms with E-state index in [2.05, 4.69) is 0 Å². The van der Waals surface area contributed by atoms with Gasteiger partial charge in [-0.2, -0.15) is 0 Å². The highest BCUT2D eigenvalue weighted by Gasteiger charge is 2.22. The lowest BCUT2D eigenvalue weighted by Crippen LogP contribution is -2.10. The first kappa shape index (κ1) is 11.9. The molecule has 0 amide bonds. The number of hydrogen-bond donors (Lipinski definition) is 0. The number of anilines is 3. The molecule has 2 heteroatoms. The molecule has 9 aromatic carbocycles. The lowest BCUT2D eigenvalue weighted by molar-refractivity contribution is 0.670. The van der Waals surface area contributed by atoms with E-state index in [0.29, 0.717) is 4.90 Å². The van der Waals surface area contributed by atoms with Gasteiger partial charge in [-0.05, 0) is 104 Å². The summed E-state index contributed by atoms with van der Waals surface area (Å²) in [6.07, 6.45) is 0. The number of benzene rings is 9. The van der Waals surface area contributed by atoms with Crippen molar-refractivity contribution in [3.05, 3.63) is 211 Å². The number of fused-ring (bicyclic) bond motifs is 4. The molecule has 0 radical (unpaired) electrons. The highest BCUT2D eigenvalue weighted by atomic mass is 16.3. The standard InChI is InChI=1S/C52H35NO/c1-3-12-36(13-4-1)39-24-28-45(29-25-39)53(46-30-26-40(27-31-46)43-19-11-18-42(34-43)37-14-5-2-6-15-37)49-33-32-47(44-23-22-38-16-7-8-17-41(38)35-44)52-51(49)48-20-9-10-21-50(48)54-52/h1-35H/i1D,2D,3D,4D,5D,6D,7D,8D,9D,10D,11D,12D,13D,14D,15D,16D,17D,18D,19D,20D,21D,22D,23D,24D,25D,26D,27D,28D,29D,30D,31D,32D,33D,34D,35D. The Morgan fingerprint density at radius 2 is 0.889 bits per heavy atom. The molecule has 10 aromatic rings. The van der Waals surface area contributed by atoms with Crippen LogP contribution < -0.4 is 4.90 Å². The number of para-hydroxylation sites is 1. The lowest BCUT2D eigenvalue weighted by atomic mass is 9.97. The minimum atomic E-state index is -1.40. The third-order valence-electron chi connectivity index (χ3n) is 7.87. The van der Waals surface area contributed by atoms with E-state index in [1.807, 2.05) is 0 Å². The molecule has 0 bridgehead atoms. The summed E-state index contributed by atoms with van der Waals surface area (Å²) >= 11 is 0. The van der Waals surface area contributed by atoms with Gasteiger partial charge in [-0.25, -0.2) is 0 Å². The number of furan rings is 1. The van der Waals surface area contributed by atoms with Gasteiger partial charge in [0.25, 0.3) is 0 Å². The van der Waals surface area contributed by atoms with E-state index in [-0.39, 0.29) is 0 Å². The van der Waals surface area contributed by atoms with Crippen LogP contribution >= 0.6 is 0 Å². The zero-order valence-electron chi connectivity index (χ0n) is 61.9. The van der Waals surface area contributed by atoms with E-state index in [9.17, 15) is 19.2 Å². The van der Waals surface area contributed by atoms with Gasteiger partial charge < -0.3 is 9.32 Å². The Morgan fingerprint density at radius 3 is 1.57 bits per heavy atom. The van der Waals surface area contributed by atoms with Crippen molar-refractivity contribution in [2.45, 2.75) is 0 Å². The molecule has 0 fully saturated rings. The molecule has 254 valence electrons. The predicted molar refractivity (Wildman–Crippen MR) is 228 cm³/mol. The SMILES string of the molecule is [2H]c1c([2H])c([2H])c(-c2c([2H])c([2H])c(N(c3c([2H])c([2H])c(-c4c([2H])c([2H])c([2H])c(-c5c([2H])c([2H])c([2H])c([2H])c5[2H])c4[2H])c([2H])c3[2H])c3c([2H])c([2H])c(-c4c([2H])c([2H])c5c([2H])c([2H])c([2H])c([2H])c5c4[2H])c4oc5c([2H])c([2H])c([2H])c([2H])c5c34)c([2H])c2[2H])c([2H])c1[2H]. The molecule has 0 aliphatic carbocycles. The first-order valence-corrected chi connectivity index (χ1v) is 15.6. The van der Waals surface area contributed by atoms with Gasteiger partial charge in [-0.1, -0.05) is 157 Å². The van der Waals surface area contributed by atoms with Crippen molar-refractivity contribution < 1.29 is 52.4 Å². The van der Waals surface area contributed by atoms with Crippen molar-refractivity contribution in [3.8, 4) is 44.5 Å². The summed E-state index contributed by atoms with van der Waals surface area (Å²) in [6, 6.07) is -38.3. The van der Waals surface area contributed by atoms with Crippen molar-refractivity contribution >= 4 is 49.8 Å². The molecule has 0 atom stereocenters. The zero-order chi connectivity index (χ0) is 66.3. The Morgan fingerprint density at radius 1 is 0.370 bits per heavy atom. The van der Waals surface area contributed by atoms with Crippen LogP contribution in [0.3, 0.4) is 0 Å². The summed E-state index contributed by atoms with van der Waals surface area (Å²) in [5, 5.41) is -3.05. The van der Waals surface area contributed by atoms with Crippen LogP contribution in [0, 0.1) is 0 Å². The fraction of sp³-hybridized carbons (Fsp3) is 0. The maximum Gasteiger partial charge on any atom is 0.145 e. The third kappa shape index (κ3) is 5.71. The van der Waals surface area contributed by atoms with Crippen LogP contribution in [-0.2, 0) is 0 Å². The number of nitrogens with zero attached hydrogens (tertiary/aromatic N) is 1. The van der Waals surface area contributed by atoms with Crippen molar-refractivity contribution in [3.63, 3.8) is 0 Å². The summed E-state index contributed by atoms with van der Waals surface area (Å²) in [7, 11) is 0. The summed E-state index contributed by atoms with van der Waals surface area (Å²) in [5.74, 6) is 0. The normalized spacial score (nSPS) is 20.4. The van der Waals surface area contributed by atoms with E-state index < -0.39 is 306 Å². The first-order valence-electron chi connectivity index (χ1n) is 33.1. The summed E-state index contributed by atoms with van der Waals surface area (Å²) in [4.78, 5) is 0.305. The van der Waals surface area contributed by atoms with Crippen LogP contribution in [0.15, 0.2) is 216 Å². The van der Waals surface area contributed by atoms with E-state index in [4.69, 9.17) is 33.2 Å². The summed E-state index contributed by atoms with van der Waals surface area (Å²) < 4.78 is 321. The van der Waals surface area contributed by atoms with Gasteiger partial charge in [-0.3, -0.25) is 0 Å². The van der Waals surface area contributed by atoms with Gasteiger partial charge in [-0.15, -0.1) is 0 Å². The molecule has 1 aromatic heterocycles. The smallest absolute Gasteiger partial charge is 0.145 e. The Labute approximate surface area is 364 Å². The Hall–Kier alpha value is -7.16. The molecule has 0 spiro atoms. The fourth-order valence-electron chi connectivity index (χ4n) is 5.48. The van der Waals surface area contributed by atoms with Gasteiger partial charge in [0.2, 0.25) is 0 Å². The van der Waals surface area contributed by atoms with E-state index in [0.717, 1.165) is 0 Å².